The van der Waals surface area contributed by atoms with E-state index in [4.69, 9.17) is 16.3 Å². The van der Waals surface area contributed by atoms with Gasteiger partial charge in [0.1, 0.15) is 17.4 Å². The Hall–Kier alpha value is -1.10. The lowest BCUT2D eigenvalue weighted by molar-refractivity contribution is 0.301. The third-order valence-electron chi connectivity index (χ3n) is 2.64. The second kappa shape index (κ2) is 7.48. The summed E-state index contributed by atoms with van der Waals surface area (Å²) >= 11 is 7.82. The Morgan fingerprint density at radius 1 is 1.42 bits per heavy atom. The van der Waals surface area contributed by atoms with Gasteiger partial charge in [0.05, 0.1) is 0 Å². The van der Waals surface area contributed by atoms with Gasteiger partial charge in [-0.1, -0.05) is 24.6 Å². The molecule has 19 heavy (non-hydrogen) atoms. The van der Waals surface area contributed by atoms with Crippen LogP contribution in [0.1, 0.15) is 23.9 Å². The minimum atomic E-state index is 0.485. The van der Waals surface area contributed by atoms with E-state index in [1.165, 1.54) is 0 Å². The predicted octanol–water partition coefficient (Wildman–Crippen LogP) is 3.88. The van der Waals surface area contributed by atoms with Crippen molar-refractivity contribution >= 4 is 22.9 Å². The molecule has 0 fully saturated rings. The number of ether oxygens (including phenoxy) is 1. The number of hydrogen-bond donors (Lipinski definition) is 1. The average Bonchev–Trinajstić information content (AvgIpc) is 2.92. The Kier molecular flexibility index (Phi) is 5.63. The Morgan fingerprint density at radius 3 is 3.05 bits per heavy atom. The molecule has 1 heterocycles. The van der Waals surface area contributed by atoms with Gasteiger partial charge in [-0.25, -0.2) is 4.98 Å². The van der Waals surface area contributed by atoms with Crippen molar-refractivity contribution in [2.45, 2.75) is 26.5 Å². The highest BCUT2D eigenvalue weighted by atomic mass is 35.5. The van der Waals surface area contributed by atoms with Gasteiger partial charge in [-0.05, 0) is 25.1 Å². The first-order chi connectivity index (χ1) is 9.31. The maximum Gasteiger partial charge on any atom is 0.140 e. The van der Waals surface area contributed by atoms with E-state index in [-0.39, 0.29) is 0 Å². The van der Waals surface area contributed by atoms with Crippen LogP contribution in [0.4, 0.5) is 0 Å². The molecular weight excluding hydrogens is 280 g/mol. The van der Waals surface area contributed by atoms with Gasteiger partial charge in [0.25, 0.3) is 0 Å². The molecule has 0 atom stereocenters. The maximum atomic E-state index is 6.24. The second-order valence-corrected chi connectivity index (χ2v) is 5.49. The Labute approximate surface area is 122 Å². The van der Waals surface area contributed by atoms with E-state index in [2.05, 4.69) is 17.2 Å². The van der Waals surface area contributed by atoms with Crippen molar-refractivity contribution in [3.8, 4) is 5.75 Å². The first-order valence-electron chi connectivity index (χ1n) is 6.30. The van der Waals surface area contributed by atoms with E-state index in [0.717, 1.165) is 40.9 Å². The normalized spacial score (nSPS) is 10.6. The molecule has 0 saturated carbocycles. The van der Waals surface area contributed by atoms with Crippen molar-refractivity contribution in [2.24, 2.45) is 0 Å². The lowest BCUT2D eigenvalue weighted by atomic mass is 10.2. The Morgan fingerprint density at radius 2 is 2.32 bits per heavy atom. The zero-order valence-corrected chi connectivity index (χ0v) is 12.4. The lowest BCUT2D eigenvalue weighted by Gasteiger charge is -2.12. The third-order valence-corrected chi connectivity index (χ3v) is 3.75. The Bertz CT molecular complexity index is 502. The van der Waals surface area contributed by atoms with Crippen molar-refractivity contribution in [1.29, 1.82) is 0 Å². The molecule has 0 saturated heterocycles. The number of nitrogens with zero attached hydrogens (tertiary/aromatic N) is 1. The van der Waals surface area contributed by atoms with E-state index in [1.807, 2.05) is 23.6 Å². The number of rotatable bonds is 7. The molecule has 0 unspecified atom stereocenters. The maximum absolute atomic E-state index is 6.24. The minimum absolute atomic E-state index is 0.485. The second-order valence-electron chi connectivity index (χ2n) is 4.11. The van der Waals surface area contributed by atoms with Crippen molar-refractivity contribution in [3.63, 3.8) is 0 Å². The van der Waals surface area contributed by atoms with Gasteiger partial charge < -0.3 is 10.1 Å². The summed E-state index contributed by atoms with van der Waals surface area (Å²) in [4.78, 5) is 4.20. The fraction of sp³-hybridized carbons (Fsp3) is 0.357. The summed E-state index contributed by atoms with van der Waals surface area (Å²) in [6, 6.07) is 5.74. The minimum Gasteiger partial charge on any atom is -0.486 e. The van der Waals surface area contributed by atoms with Crippen molar-refractivity contribution < 1.29 is 4.74 Å². The van der Waals surface area contributed by atoms with Crippen LogP contribution in [0.3, 0.4) is 0 Å². The molecule has 1 aromatic heterocycles. The molecule has 0 amide bonds. The van der Waals surface area contributed by atoms with Gasteiger partial charge in [-0.15, -0.1) is 11.3 Å². The van der Waals surface area contributed by atoms with Gasteiger partial charge in [0, 0.05) is 28.7 Å². The topological polar surface area (TPSA) is 34.1 Å². The monoisotopic (exact) mass is 296 g/mol. The van der Waals surface area contributed by atoms with Crippen LogP contribution < -0.4 is 10.1 Å². The molecule has 102 valence electrons. The van der Waals surface area contributed by atoms with Crippen LogP contribution in [0.2, 0.25) is 5.02 Å². The molecule has 0 radical (unpaired) electrons. The summed E-state index contributed by atoms with van der Waals surface area (Å²) in [7, 11) is 0. The van der Waals surface area contributed by atoms with Gasteiger partial charge in [0.2, 0.25) is 0 Å². The molecule has 0 spiro atoms. The van der Waals surface area contributed by atoms with Crippen molar-refractivity contribution in [3.05, 3.63) is 45.4 Å². The summed E-state index contributed by atoms with van der Waals surface area (Å²) in [5, 5.41) is 6.99. The molecular formula is C14H17ClN2OS. The van der Waals surface area contributed by atoms with E-state index in [0.29, 0.717) is 6.61 Å². The van der Waals surface area contributed by atoms with E-state index < -0.39 is 0 Å². The fourth-order valence-electron chi connectivity index (χ4n) is 1.70. The standard InChI is InChI=1S/C14H17ClN2OS/c1-2-6-16-9-11-12(15)4-3-5-13(11)18-10-14-17-7-8-19-14/h3-5,7-8,16H,2,6,9-10H2,1H3. The summed E-state index contributed by atoms with van der Waals surface area (Å²) in [5.41, 5.74) is 1.01. The number of aromatic nitrogens is 1. The smallest absolute Gasteiger partial charge is 0.140 e. The molecule has 1 aromatic carbocycles. The molecule has 0 bridgehead atoms. The van der Waals surface area contributed by atoms with E-state index in [1.54, 1.807) is 17.5 Å². The largest absolute Gasteiger partial charge is 0.486 e. The van der Waals surface area contributed by atoms with Crippen molar-refractivity contribution in [1.82, 2.24) is 10.3 Å². The molecule has 2 aromatic rings. The third kappa shape index (κ3) is 4.20. The number of nitrogens with one attached hydrogen (secondary N) is 1. The quantitative estimate of drug-likeness (QED) is 0.788. The number of hydrogen-bond acceptors (Lipinski definition) is 4. The lowest BCUT2D eigenvalue weighted by Crippen LogP contribution is -2.15. The number of thiazole rings is 1. The highest BCUT2D eigenvalue weighted by molar-refractivity contribution is 7.09. The van der Waals surface area contributed by atoms with Crippen molar-refractivity contribution in [2.75, 3.05) is 6.54 Å². The highest BCUT2D eigenvalue weighted by Gasteiger charge is 2.08. The van der Waals surface area contributed by atoms with Crippen LogP contribution in [-0.4, -0.2) is 11.5 Å². The van der Waals surface area contributed by atoms with Crippen LogP contribution in [0.5, 0.6) is 5.75 Å². The van der Waals surface area contributed by atoms with Crippen LogP contribution in [-0.2, 0) is 13.2 Å². The van der Waals surface area contributed by atoms with Gasteiger partial charge in [0.15, 0.2) is 0 Å². The SMILES string of the molecule is CCCNCc1c(Cl)cccc1OCc1nccs1. The molecule has 0 aliphatic rings. The van der Waals surface area contributed by atoms with Gasteiger partial charge >= 0.3 is 0 Å². The molecule has 1 N–H and O–H groups in total. The number of halogens is 1. The van der Waals surface area contributed by atoms with Crippen LogP contribution in [0, 0.1) is 0 Å². The number of benzene rings is 1. The van der Waals surface area contributed by atoms with E-state index >= 15 is 0 Å². The van der Waals surface area contributed by atoms with Crippen LogP contribution in [0.15, 0.2) is 29.8 Å². The summed E-state index contributed by atoms with van der Waals surface area (Å²) in [6.45, 7) is 4.32. The molecule has 2 rings (SSSR count). The van der Waals surface area contributed by atoms with Gasteiger partial charge in [-0.2, -0.15) is 0 Å². The summed E-state index contributed by atoms with van der Waals surface area (Å²) < 4.78 is 5.82. The predicted molar refractivity (Wildman–Crippen MR) is 79.9 cm³/mol. The molecule has 3 nitrogen and oxygen atoms in total. The molecule has 5 heteroatoms. The van der Waals surface area contributed by atoms with Gasteiger partial charge in [-0.3, -0.25) is 0 Å². The van der Waals surface area contributed by atoms with E-state index in [9.17, 15) is 0 Å². The molecule has 0 aliphatic carbocycles. The average molecular weight is 297 g/mol. The Balaban J connectivity index is 2.03. The summed E-state index contributed by atoms with van der Waals surface area (Å²) in [6.07, 6.45) is 2.88. The first kappa shape index (κ1) is 14.3. The molecule has 0 aliphatic heterocycles. The summed E-state index contributed by atoms with van der Waals surface area (Å²) in [5.74, 6) is 0.825. The highest BCUT2D eigenvalue weighted by Crippen LogP contribution is 2.27. The zero-order chi connectivity index (χ0) is 13.5. The fourth-order valence-corrected chi connectivity index (χ4v) is 2.46. The van der Waals surface area contributed by atoms with Crippen LogP contribution >= 0.6 is 22.9 Å². The first-order valence-corrected chi connectivity index (χ1v) is 7.56. The van der Waals surface area contributed by atoms with Crippen LogP contribution in [0.25, 0.3) is 0 Å². The zero-order valence-electron chi connectivity index (χ0n) is 10.9.